The summed E-state index contributed by atoms with van der Waals surface area (Å²) in [6.45, 7) is 6.71. The summed E-state index contributed by atoms with van der Waals surface area (Å²) in [5, 5.41) is 2.98. The Morgan fingerprint density at radius 3 is 2.75 bits per heavy atom. The SMILES string of the molecule is CCN1C=CCC(C(=O)NC(C)N(C)C(C)C(=O)c2ccc3c(c2)OCO3)=C1. The van der Waals surface area contributed by atoms with Crippen LogP contribution in [0.4, 0.5) is 0 Å². The zero-order valence-corrected chi connectivity index (χ0v) is 16.8. The van der Waals surface area contributed by atoms with E-state index in [4.69, 9.17) is 9.47 Å². The van der Waals surface area contributed by atoms with Crippen molar-refractivity contribution in [2.24, 2.45) is 0 Å². The highest BCUT2D eigenvalue weighted by Gasteiger charge is 2.26. The van der Waals surface area contributed by atoms with Crippen molar-refractivity contribution in [1.82, 2.24) is 15.1 Å². The summed E-state index contributed by atoms with van der Waals surface area (Å²) >= 11 is 0. The smallest absolute Gasteiger partial charge is 0.250 e. The number of allylic oxidation sites excluding steroid dienone is 1. The summed E-state index contributed by atoms with van der Waals surface area (Å²) in [4.78, 5) is 29.3. The number of hydrogen-bond acceptors (Lipinski definition) is 6. The maximum absolute atomic E-state index is 12.9. The Kier molecular flexibility index (Phi) is 6.04. The van der Waals surface area contributed by atoms with Gasteiger partial charge in [0, 0.05) is 23.9 Å². The molecule has 0 spiro atoms. The Labute approximate surface area is 165 Å². The summed E-state index contributed by atoms with van der Waals surface area (Å²) in [6, 6.07) is 4.78. The molecular weight excluding hydrogens is 358 g/mol. The minimum absolute atomic E-state index is 0.0427. The summed E-state index contributed by atoms with van der Waals surface area (Å²) in [7, 11) is 1.83. The number of ketones is 1. The average molecular weight is 385 g/mol. The first-order valence-electron chi connectivity index (χ1n) is 9.50. The van der Waals surface area contributed by atoms with E-state index in [2.05, 4.69) is 5.32 Å². The van der Waals surface area contributed by atoms with Gasteiger partial charge in [0.25, 0.3) is 0 Å². The fourth-order valence-electron chi connectivity index (χ4n) is 3.15. The Balaban J connectivity index is 1.62. The van der Waals surface area contributed by atoms with E-state index >= 15 is 0 Å². The number of amides is 1. The molecule has 0 aliphatic carbocycles. The number of fused-ring (bicyclic) bond motifs is 1. The molecule has 7 heteroatoms. The molecule has 2 atom stereocenters. The lowest BCUT2D eigenvalue weighted by Crippen LogP contribution is -2.50. The van der Waals surface area contributed by atoms with Crippen molar-refractivity contribution in [3.63, 3.8) is 0 Å². The Morgan fingerprint density at radius 1 is 1.25 bits per heavy atom. The number of nitrogens with zero attached hydrogens (tertiary/aromatic N) is 2. The molecule has 7 nitrogen and oxygen atoms in total. The third-order valence-electron chi connectivity index (χ3n) is 5.21. The van der Waals surface area contributed by atoms with Gasteiger partial charge in [-0.15, -0.1) is 0 Å². The first-order chi connectivity index (χ1) is 13.4. The summed E-state index contributed by atoms with van der Waals surface area (Å²) in [6.07, 6.45) is 6.10. The quantitative estimate of drug-likeness (QED) is 0.574. The van der Waals surface area contributed by atoms with Crippen molar-refractivity contribution < 1.29 is 19.1 Å². The fraction of sp³-hybridized carbons (Fsp3) is 0.429. The molecule has 150 valence electrons. The van der Waals surface area contributed by atoms with E-state index in [1.54, 1.807) is 18.2 Å². The zero-order valence-electron chi connectivity index (χ0n) is 16.8. The molecule has 0 fully saturated rings. The number of nitrogens with one attached hydrogen (secondary N) is 1. The molecule has 2 unspecified atom stereocenters. The molecule has 0 bridgehead atoms. The number of likely N-dealkylation sites (N-methyl/N-ethyl adjacent to an activating group) is 1. The third-order valence-corrected chi connectivity index (χ3v) is 5.21. The number of carbonyl (C=O) groups excluding carboxylic acids is 2. The van der Waals surface area contributed by atoms with Gasteiger partial charge in [-0.25, -0.2) is 0 Å². The van der Waals surface area contributed by atoms with Crippen LogP contribution in [0.2, 0.25) is 0 Å². The second kappa shape index (κ2) is 8.48. The van der Waals surface area contributed by atoms with Gasteiger partial charge in [-0.3, -0.25) is 14.5 Å². The number of benzene rings is 1. The average Bonchev–Trinajstić information content (AvgIpc) is 3.19. The maximum Gasteiger partial charge on any atom is 0.250 e. The van der Waals surface area contributed by atoms with Crippen LogP contribution in [-0.4, -0.2) is 54.1 Å². The van der Waals surface area contributed by atoms with Gasteiger partial charge in [0.15, 0.2) is 17.3 Å². The van der Waals surface area contributed by atoms with Crippen molar-refractivity contribution >= 4 is 11.7 Å². The predicted octanol–water partition coefficient (Wildman–Crippen LogP) is 2.50. The highest BCUT2D eigenvalue weighted by Crippen LogP contribution is 2.33. The minimum atomic E-state index is -0.414. The van der Waals surface area contributed by atoms with Crippen molar-refractivity contribution in [2.75, 3.05) is 20.4 Å². The van der Waals surface area contributed by atoms with Gasteiger partial charge in [-0.2, -0.15) is 0 Å². The van der Waals surface area contributed by atoms with E-state index in [1.165, 1.54) is 0 Å². The van der Waals surface area contributed by atoms with Crippen LogP contribution in [0.3, 0.4) is 0 Å². The molecular formula is C21H27N3O4. The predicted molar refractivity (Wildman–Crippen MR) is 106 cm³/mol. The second-order valence-electron chi connectivity index (χ2n) is 7.00. The van der Waals surface area contributed by atoms with Crippen LogP contribution in [0.1, 0.15) is 37.6 Å². The van der Waals surface area contributed by atoms with E-state index in [0.29, 0.717) is 29.1 Å². The molecule has 1 amide bonds. The lowest BCUT2D eigenvalue weighted by Gasteiger charge is -2.31. The fourth-order valence-corrected chi connectivity index (χ4v) is 3.15. The van der Waals surface area contributed by atoms with Gasteiger partial charge in [0.2, 0.25) is 12.7 Å². The lowest BCUT2D eigenvalue weighted by atomic mass is 10.0. The van der Waals surface area contributed by atoms with Gasteiger partial charge in [-0.05, 0) is 58.6 Å². The molecule has 0 saturated heterocycles. The van der Waals surface area contributed by atoms with Gasteiger partial charge >= 0.3 is 0 Å². The number of hydrogen-bond donors (Lipinski definition) is 1. The lowest BCUT2D eigenvalue weighted by molar-refractivity contribution is -0.119. The standard InChI is InChI=1S/C21H27N3O4/c1-5-24-10-6-7-17(12-24)21(26)22-15(3)23(4)14(2)20(25)16-8-9-18-19(11-16)28-13-27-18/h6,8-12,14-15H,5,7,13H2,1-4H3,(H,22,26). The first kappa shape index (κ1) is 19.9. The largest absolute Gasteiger partial charge is 0.454 e. The van der Waals surface area contributed by atoms with Crippen LogP contribution < -0.4 is 14.8 Å². The van der Waals surface area contributed by atoms with Crippen molar-refractivity contribution in [1.29, 1.82) is 0 Å². The molecule has 2 aliphatic rings. The van der Waals surface area contributed by atoms with E-state index in [9.17, 15) is 9.59 Å². The van der Waals surface area contributed by atoms with E-state index < -0.39 is 6.04 Å². The summed E-state index contributed by atoms with van der Waals surface area (Å²) in [5.74, 6) is 1.07. The molecule has 3 rings (SSSR count). The van der Waals surface area contributed by atoms with Gasteiger partial charge in [-0.1, -0.05) is 6.08 Å². The zero-order chi connectivity index (χ0) is 20.3. The normalized spacial score (nSPS) is 17.3. The molecule has 0 aromatic heterocycles. The summed E-state index contributed by atoms with van der Waals surface area (Å²) in [5.41, 5.74) is 1.26. The van der Waals surface area contributed by atoms with Crippen molar-refractivity contribution in [2.45, 2.75) is 39.4 Å². The van der Waals surface area contributed by atoms with Crippen molar-refractivity contribution in [3.8, 4) is 11.5 Å². The molecule has 2 aliphatic heterocycles. The van der Waals surface area contributed by atoms with Crippen LogP contribution in [-0.2, 0) is 4.79 Å². The van der Waals surface area contributed by atoms with Gasteiger partial charge in [0.1, 0.15) is 0 Å². The Morgan fingerprint density at radius 2 is 2.00 bits per heavy atom. The van der Waals surface area contributed by atoms with Crippen LogP contribution in [0, 0.1) is 0 Å². The maximum atomic E-state index is 12.9. The van der Waals surface area contributed by atoms with Gasteiger partial charge < -0.3 is 19.7 Å². The van der Waals surface area contributed by atoms with Gasteiger partial charge in [0.05, 0.1) is 12.2 Å². The van der Waals surface area contributed by atoms with E-state index in [-0.39, 0.29) is 24.6 Å². The molecule has 1 N–H and O–H groups in total. The summed E-state index contributed by atoms with van der Waals surface area (Å²) < 4.78 is 10.6. The number of Topliss-reactive ketones (excluding diaryl/α,β-unsaturated/α-hetero) is 1. The molecule has 1 aromatic rings. The van der Waals surface area contributed by atoms with Crippen LogP contribution >= 0.6 is 0 Å². The van der Waals surface area contributed by atoms with E-state index in [0.717, 1.165) is 6.54 Å². The molecule has 28 heavy (non-hydrogen) atoms. The minimum Gasteiger partial charge on any atom is -0.454 e. The monoisotopic (exact) mass is 385 g/mol. The second-order valence-corrected chi connectivity index (χ2v) is 7.00. The molecule has 2 heterocycles. The highest BCUT2D eigenvalue weighted by molar-refractivity contribution is 6.00. The molecule has 0 saturated carbocycles. The Hall–Kier alpha value is -2.80. The number of ether oxygens (including phenoxy) is 2. The Bertz CT molecular complexity index is 818. The highest BCUT2D eigenvalue weighted by atomic mass is 16.7. The molecule has 0 radical (unpaired) electrons. The van der Waals surface area contributed by atoms with Crippen LogP contribution in [0.25, 0.3) is 0 Å². The van der Waals surface area contributed by atoms with Crippen LogP contribution in [0.15, 0.2) is 42.2 Å². The molecule has 1 aromatic carbocycles. The van der Waals surface area contributed by atoms with E-state index in [1.807, 2.05) is 56.1 Å². The van der Waals surface area contributed by atoms with Crippen LogP contribution in [0.5, 0.6) is 11.5 Å². The van der Waals surface area contributed by atoms with Crippen molar-refractivity contribution in [3.05, 3.63) is 47.8 Å². The third kappa shape index (κ3) is 4.20. The number of carbonyl (C=O) groups is 2. The first-order valence-corrected chi connectivity index (χ1v) is 9.50. The topological polar surface area (TPSA) is 71.1 Å². The number of rotatable bonds is 7.